The second-order valence-corrected chi connectivity index (χ2v) is 4.26. The number of hydrogen-bond donors (Lipinski definition) is 2. The highest BCUT2D eigenvalue weighted by molar-refractivity contribution is 5.97. The number of nitriles is 1. The van der Waals surface area contributed by atoms with Gasteiger partial charge < -0.3 is 14.9 Å². The molecule has 4 nitrogen and oxygen atoms in total. The van der Waals surface area contributed by atoms with Gasteiger partial charge in [-0.2, -0.15) is 5.26 Å². The molecule has 0 amide bonds. The summed E-state index contributed by atoms with van der Waals surface area (Å²) >= 11 is 0. The van der Waals surface area contributed by atoms with Crippen molar-refractivity contribution < 1.29 is 14.9 Å². The Kier molecular flexibility index (Phi) is 4.36. The lowest BCUT2D eigenvalue weighted by atomic mass is 9.96. The zero-order chi connectivity index (χ0) is 14.5. The minimum Gasteiger partial charge on any atom is -0.496 e. The van der Waals surface area contributed by atoms with Gasteiger partial charge in [-0.3, -0.25) is 0 Å². The zero-order valence-corrected chi connectivity index (χ0v) is 11.1. The van der Waals surface area contributed by atoms with Gasteiger partial charge in [0.1, 0.15) is 5.75 Å². The lowest BCUT2D eigenvalue weighted by molar-refractivity contribution is 0.333. The summed E-state index contributed by atoms with van der Waals surface area (Å²) in [6.07, 6.45) is 1.54. The van der Waals surface area contributed by atoms with Crippen molar-refractivity contribution in [1.82, 2.24) is 0 Å². The molecular formula is C16H15NO3. The molecule has 0 fully saturated rings. The molecule has 0 atom stereocenters. The Balaban J connectivity index is 2.82. The number of benzene rings is 2. The summed E-state index contributed by atoms with van der Waals surface area (Å²) in [6, 6.07) is 11.2. The third kappa shape index (κ3) is 2.50. The average molecular weight is 269 g/mol. The standard InChI is InChI=1S/C16H15NO3/c1-20-15-5-4-12-3-2-11(9-17)8-14(12)16(15)13(10-19)6-7-18/h2-6,8,18-19H,7,10H2,1H3. The highest BCUT2D eigenvalue weighted by Gasteiger charge is 2.13. The van der Waals surface area contributed by atoms with Gasteiger partial charge in [0.15, 0.2) is 0 Å². The second kappa shape index (κ2) is 6.20. The van der Waals surface area contributed by atoms with Crippen LogP contribution in [0.2, 0.25) is 0 Å². The van der Waals surface area contributed by atoms with Gasteiger partial charge in [-0.15, -0.1) is 0 Å². The van der Waals surface area contributed by atoms with E-state index < -0.39 is 0 Å². The first-order chi connectivity index (χ1) is 9.74. The smallest absolute Gasteiger partial charge is 0.127 e. The van der Waals surface area contributed by atoms with Crippen molar-refractivity contribution in [1.29, 1.82) is 5.26 Å². The van der Waals surface area contributed by atoms with E-state index in [1.54, 1.807) is 19.2 Å². The maximum atomic E-state index is 9.52. The van der Waals surface area contributed by atoms with E-state index >= 15 is 0 Å². The van der Waals surface area contributed by atoms with Gasteiger partial charge in [-0.05, 0) is 34.5 Å². The maximum Gasteiger partial charge on any atom is 0.127 e. The van der Waals surface area contributed by atoms with Crippen LogP contribution in [0.25, 0.3) is 16.3 Å². The number of nitrogens with zero attached hydrogens (tertiary/aromatic N) is 1. The molecule has 4 heteroatoms. The minimum atomic E-state index is -0.215. The molecule has 2 N–H and O–H groups in total. The van der Waals surface area contributed by atoms with Crippen molar-refractivity contribution in [3.05, 3.63) is 47.5 Å². The highest BCUT2D eigenvalue weighted by Crippen LogP contribution is 2.34. The van der Waals surface area contributed by atoms with Crippen LogP contribution in [0.4, 0.5) is 0 Å². The molecule has 0 bridgehead atoms. The van der Waals surface area contributed by atoms with Crippen molar-refractivity contribution >= 4 is 16.3 Å². The van der Waals surface area contributed by atoms with Crippen LogP contribution >= 0.6 is 0 Å². The Morgan fingerprint density at radius 2 is 2.05 bits per heavy atom. The molecular weight excluding hydrogens is 254 g/mol. The van der Waals surface area contributed by atoms with E-state index in [2.05, 4.69) is 6.07 Å². The van der Waals surface area contributed by atoms with E-state index in [-0.39, 0.29) is 13.2 Å². The molecule has 0 aromatic heterocycles. The summed E-state index contributed by atoms with van der Waals surface area (Å²) in [5.41, 5.74) is 1.82. The maximum absolute atomic E-state index is 9.52. The molecule has 2 rings (SSSR count). The number of rotatable bonds is 4. The normalized spacial score (nSPS) is 11.4. The van der Waals surface area contributed by atoms with Crippen molar-refractivity contribution in [2.24, 2.45) is 0 Å². The molecule has 0 spiro atoms. The lowest BCUT2D eigenvalue weighted by Gasteiger charge is -2.14. The zero-order valence-electron chi connectivity index (χ0n) is 11.1. The van der Waals surface area contributed by atoms with Crippen LogP contribution < -0.4 is 4.74 Å². The van der Waals surface area contributed by atoms with Crippen LogP contribution in [0.15, 0.2) is 36.4 Å². The fourth-order valence-electron chi connectivity index (χ4n) is 2.23. The molecule has 0 unspecified atom stereocenters. The molecule has 2 aromatic rings. The minimum absolute atomic E-state index is 0.173. The lowest BCUT2D eigenvalue weighted by Crippen LogP contribution is -1.98. The Labute approximate surface area is 117 Å². The molecule has 0 saturated heterocycles. The SMILES string of the molecule is COc1ccc2ccc(C#N)cc2c1C(=CCO)CO. The summed E-state index contributed by atoms with van der Waals surface area (Å²) < 4.78 is 5.34. The predicted molar refractivity (Wildman–Crippen MR) is 77.4 cm³/mol. The van der Waals surface area contributed by atoms with Crippen LogP contribution in [0.5, 0.6) is 5.75 Å². The fourth-order valence-corrected chi connectivity index (χ4v) is 2.23. The van der Waals surface area contributed by atoms with Gasteiger partial charge in [-0.1, -0.05) is 18.2 Å². The van der Waals surface area contributed by atoms with Crippen LogP contribution in [0.3, 0.4) is 0 Å². The van der Waals surface area contributed by atoms with E-state index in [1.165, 1.54) is 6.08 Å². The largest absolute Gasteiger partial charge is 0.496 e. The van der Waals surface area contributed by atoms with Gasteiger partial charge in [0, 0.05) is 5.56 Å². The van der Waals surface area contributed by atoms with E-state index in [9.17, 15) is 5.11 Å². The van der Waals surface area contributed by atoms with E-state index in [0.717, 1.165) is 10.8 Å². The van der Waals surface area contributed by atoms with Crippen molar-refractivity contribution in [2.75, 3.05) is 20.3 Å². The monoisotopic (exact) mass is 269 g/mol. The molecule has 0 aliphatic rings. The van der Waals surface area contributed by atoms with E-state index in [4.69, 9.17) is 15.1 Å². The molecule has 0 aliphatic carbocycles. The van der Waals surface area contributed by atoms with Crippen molar-refractivity contribution in [3.8, 4) is 11.8 Å². The Bertz CT molecular complexity index is 699. The first kappa shape index (κ1) is 14.1. The number of fused-ring (bicyclic) bond motifs is 1. The summed E-state index contributed by atoms with van der Waals surface area (Å²) in [7, 11) is 1.55. The molecule has 0 heterocycles. The van der Waals surface area contributed by atoms with Gasteiger partial charge in [-0.25, -0.2) is 0 Å². The quantitative estimate of drug-likeness (QED) is 0.891. The molecule has 2 aromatic carbocycles. The summed E-state index contributed by atoms with van der Waals surface area (Å²) in [5, 5.41) is 29.4. The van der Waals surface area contributed by atoms with Crippen molar-refractivity contribution in [3.63, 3.8) is 0 Å². The third-order valence-electron chi connectivity index (χ3n) is 3.16. The number of aliphatic hydroxyl groups excluding tert-OH is 2. The average Bonchev–Trinajstić information content (AvgIpc) is 2.51. The van der Waals surface area contributed by atoms with Crippen LogP contribution in [0, 0.1) is 11.3 Å². The van der Waals surface area contributed by atoms with Gasteiger partial charge in [0.25, 0.3) is 0 Å². The van der Waals surface area contributed by atoms with Crippen LogP contribution in [-0.2, 0) is 0 Å². The molecule has 102 valence electrons. The van der Waals surface area contributed by atoms with Gasteiger partial charge in [0.05, 0.1) is 32.0 Å². The first-order valence-electron chi connectivity index (χ1n) is 6.17. The fraction of sp³-hybridized carbons (Fsp3) is 0.188. The number of ether oxygens (including phenoxy) is 1. The highest BCUT2D eigenvalue weighted by atomic mass is 16.5. The predicted octanol–water partition coefficient (Wildman–Crippen LogP) is 2.09. The third-order valence-corrected chi connectivity index (χ3v) is 3.16. The Morgan fingerprint density at radius 1 is 1.30 bits per heavy atom. The molecule has 0 aliphatic heterocycles. The Hall–Kier alpha value is -2.35. The molecule has 0 radical (unpaired) electrons. The summed E-state index contributed by atoms with van der Waals surface area (Å²) in [6.45, 7) is -0.389. The topological polar surface area (TPSA) is 73.5 Å². The number of methoxy groups -OCH3 is 1. The van der Waals surface area contributed by atoms with Gasteiger partial charge >= 0.3 is 0 Å². The van der Waals surface area contributed by atoms with E-state index in [0.29, 0.717) is 22.4 Å². The van der Waals surface area contributed by atoms with E-state index in [1.807, 2.05) is 18.2 Å². The summed E-state index contributed by atoms with van der Waals surface area (Å²) in [4.78, 5) is 0. The van der Waals surface area contributed by atoms with Crippen LogP contribution in [-0.4, -0.2) is 30.5 Å². The molecule has 0 saturated carbocycles. The van der Waals surface area contributed by atoms with Gasteiger partial charge in [0.2, 0.25) is 0 Å². The number of hydrogen-bond acceptors (Lipinski definition) is 4. The second-order valence-electron chi connectivity index (χ2n) is 4.26. The molecule has 20 heavy (non-hydrogen) atoms. The Morgan fingerprint density at radius 3 is 2.65 bits per heavy atom. The number of aliphatic hydroxyl groups is 2. The summed E-state index contributed by atoms with van der Waals surface area (Å²) in [5.74, 6) is 0.598. The first-order valence-corrected chi connectivity index (χ1v) is 6.17. The van der Waals surface area contributed by atoms with Crippen LogP contribution in [0.1, 0.15) is 11.1 Å². The van der Waals surface area contributed by atoms with Crippen molar-refractivity contribution in [2.45, 2.75) is 0 Å².